The zero-order valence-electron chi connectivity index (χ0n) is 15.7. The van der Waals surface area contributed by atoms with Gasteiger partial charge in [-0.15, -0.1) is 11.3 Å². The second kappa shape index (κ2) is 7.93. The Labute approximate surface area is 163 Å². The van der Waals surface area contributed by atoms with Crippen LogP contribution >= 0.6 is 11.3 Å². The van der Waals surface area contributed by atoms with E-state index >= 15 is 0 Å². The molecule has 0 aliphatic heterocycles. The first-order valence-corrected chi connectivity index (χ1v) is 9.80. The van der Waals surface area contributed by atoms with Gasteiger partial charge in [0.05, 0.1) is 11.1 Å². The Hall–Kier alpha value is -2.65. The number of benzene rings is 1. The van der Waals surface area contributed by atoms with Gasteiger partial charge in [0.1, 0.15) is 11.1 Å². The molecule has 3 rings (SSSR count). The molecule has 1 aromatic heterocycles. The Morgan fingerprint density at radius 1 is 1.37 bits per heavy atom. The zero-order chi connectivity index (χ0) is 19.6. The number of hydrogen-bond donors (Lipinski definition) is 1. The summed E-state index contributed by atoms with van der Waals surface area (Å²) in [7, 11) is 0. The van der Waals surface area contributed by atoms with Crippen LogP contribution in [0.25, 0.3) is 0 Å². The summed E-state index contributed by atoms with van der Waals surface area (Å²) in [5, 5.41) is 12.8. The van der Waals surface area contributed by atoms with Gasteiger partial charge in [0.2, 0.25) is 0 Å². The van der Waals surface area contributed by atoms with Crippen LogP contribution < -0.4 is 5.32 Å². The van der Waals surface area contributed by atoms with E-state index in [1.807, 2.05) is 19.9 Å². The van der Waals surface area contributed by atoms with Gasteiger partial charge in [-0.2, -0.15) is 5.26 Å². The van der Waals surface area contributed by atoms with Crippen LogP contribution in [0.5, 0.6) is 0 Å². The van der Waals surface area contributed by atoms with E-state index in [-0.39, 0.29) is 6.61 Å². The van der Waals surface area contributed by atoms with Crippen LogP contribution in [0.1, 0.15) is 50.8 Å². The molecule has 1 N–H and O–H groups in total. The number of amides is 1. The number of anilines is 1. The number of fused-ring (bicyclic) bond motifs is 1. The van der Waals surface area contributed by atoms with Gasteiger partial charge in [-0.25, -0.2) is 4.79 Å². The molecule has 0 unspecified atom stereocenters. The Balaban J connectivity index is 1.66. The standard InChI is InChI=1S/C21H22N2O3S/c1-12-7-8-16-17(10-22)20(27-18(16)9-12)23-19(24)11-26-21(25)15-6-4-5-13(2)14(15)3/h4-6,12H,7-9,11H2,1-3H3,(H,23,24)/t12-/m1/s1. The number of carbonyl (C=O) groups is 2. The highest BCUT2D eigenvalue weighted by atomic mass is 32.1. The van der Waals surface area contributed by atoms with Crippen molar-refractivity contribution in [3.63, 3.8) is 0 Å². The van der Waals surface area contributed by atoms with Gasteiger partial charge in [0.15, 0.2) is 6.61 Å². The Morgan fingerprint density at radius 2 is 2.15 bits per heavy atom. The molecule has 0 bridgehead atoms. The third kappa shape index (κ3) is 4.04. The molecule has 1 aliphatic carbocycles. The molecule has 140 valence electrons. The second-order valence-electron chi connectivity index (χ2n) is 7.04. The summed E-state index contributed by atoms with van der Waals surface area (Å²) < 4.78 is 5.16. The predicted molar refractivity (Wildman–Crippen MR) is 105 cm³/mol. The maximum absolute atomic E-state index is 12.3. The van der Waals surface area contributed by atoms with Gasteiger partial charge < -0.3 is 10.1 Å². The SMILES string of the molecule is Cc1cccc(C(=O)OCC(=O)Nc2sc3c(c2C#N)CC[C@@H](C)C3)c1C. The molecule has 0 saturated carbocycles. The van der Waals surface area contributed by atoms with E-state index in [1.54, 1.807) is 12.1 Å². The van der Waals surface area contributed by atoms with Crippen LogP contribution in [0.4, 0.5) is 5.00 Å². The molecule has 0 radical (unpaired) electrons. The Kier molecular flexibility index (Phi) is 5.62. The molecule has 27 heavy (non-hydrogen) atoms. The molecule has 6 heteroatoms. The average Bonchev–Trinajstić information content (AvgIpc) is 2.97. The smallest absolute Gasteiger partial charge is 0.338 e. The monoisotopic (exact) mass is 382 g/mol. The highest BCUT2D eigenvalue weighted by Gasteiger charge is 2.25. The van der Waals surface area contributed by atoms with Gasteiger partial charge in [-0.3, -0.25) is 4.79 Å². The van der Waals surface area contributed by atoms with Crippen molar-refractivity contribution in [3.05, 3.63) is 50.9 Å². The average molecular weight is 382 g/mol. The summed E-state index contributed by atoms with van der Waals surface area (Å²) in [5.41, 5.74) is 3.90. The summed E-state index contributed by atoms with van der Waals surface area (Å²) in [6.45, 7) is 5.58. The topological polar surface area (TPSA) is 79.2 Å². The van der Waals surface area contributed by atoms with E-state index in [9.17, 15) is 14.9 Å². The fraction of sp³-hybridized carbons (Fsp3) is 0.381. The fourth-order valence-electron chi connectivity index (χ4n) is 3.30. The molecule has 1 atom stereocenters. The van der Waals surface area contributed by atoms with Crippen LogP contribution in [0.2, 0.25) is 0 Å². The third-order valence-electron chi connectivity index (χ3n) is 5.04. The lowest BCUT2D eigenvalue weighted by molar-refractivity contribution is -0.119. The molecule has 5 nitrogen and oxygen atoms in total. The van der Waals surface area contributed by atoms with Gasteiger partial charge in [-0.05, 0) is 61.8 Å². The second-order valence-corrected chi connectivity index (χ2v) is 8.14. The highest BCUT2D eigenvalue weighted by molar-refractivity contribution is 7.16. The minimum Gasteiger partial charge on any atom is -0.452 e. The Bertz CT molecular complexity index is 940. The zero-order valence-corrected chi connectivity index (χ0v) is 16.5. The van der Waals surface area contributed by atoms with E-state index in [1.165, 1.54) is 16.2 Å². The van der Waals surface area contributed by atoms with Crippen LogP contribution in [0, 0.1) is 31.1 Å². The van der Waals surface area contributed by atoms with Crippen molar-refractivity contribution in [2.45, 2.75) is 40.0 Å². The van der Waals surface area contributed by atoms with E-state index in [0.29, 0.717) is 22.0 Å². The first kappa shape index (κ1) is 19.1. The number of nitriles is 1. The van der Waals surface area contributed by atoms with Crippen LogP contribution in [-0.4, -0.2) is 18.5 Å². The number of esters is 1. The fourth-order valence-corrected chi connectivity index (χ4v) is 4.68. The number of thiophene rings is 1. The number of nitrogens with one attached hydrogen (secondary N) is 1. The highest BCUT2D eigenvalue weighted by Crippen LogP contribution is 2.39. The number of nitrogens with zero attached hydrogens (tertiary/aromatic N) is 1. The van der Waals surface area contributed by atoms with Gasteiger partial charge in [0.25, 0.3) is 5.91 Å². The first-order valence-electron chi connectivity index (χ1n) is 8.98. The van der Waals surface area contributed by atoms with Crippen molar-refractivity contribution in [1.82, 2.24) is 0 Å². The molecule has 2 aromatic rings. The third-order valence-corrected chi connectivity index (χ3v) is 6.21. The van der Waals surface area contributed by atoms with Gasteiger partial charge in [-0.1, -0.05) is 19.1 Å². The first-order chi connectivity index (χ1) is 12.9. The number of rotatable bonds is 4. The number of carbonyl (C=O) groups excluding carboxylic acids is 2. The van der Waals surface area contributed by atoms with Crippen LogP contribution in [0.3, 0.4) is 0 Å². The normalized spacial score (nSPS) is 15.6. The number of ether oxygens (including phenoxy) is 1. The minimum absolute atomic E-state index is 0.379. The lowest BCUT2D eigenvalue weighted by Gasteiger charge is -2.17. The van der Waals surface area contributed by atoms with E-state index in [0.717, 1.165) is 36.0 Å². The molecule has 1 aliphatic rings. The lowest BCUT2D eigenvalue weighted by atomic mass is 9.89. The molecule has 0 saturated heterocycles. The molecular formula is C21H22N2O3S. The molecule has 1 aromatic carbocycles. The van der Waals surface area contributed by atoms with E-state index in [2.05, 4.69) is 18.3 Å². The quantitative estimate of drug-likeness (QED) is 0.806. The summed E-state index contributed by atoms with van der Waals surface area (Å²) in [5.74, 6) is -0.368. The van der Waals surface area contributed by atoms with Crippen LogP contribution in [0.15, 0.2) is 18.2 Å². The molecule has 0 spiro atoms. The Morgan fingerprint density at radius 3 is 2.89 bits per heavy atom. The van der Waals surface area contributed by atoms with Gasteiger partial charge >= 0.3 is 5.97 Å². The van der Waals surface area contributed by atoms with Crippen molar-refractivity contribution < 1.29 is 14.3 Å². The number of hydrogen-bond acceptors (Lipinski definition) is 5. The minimum atomic E-state index is -0.522. The predicted octanol–water partition coefficient (Wildman–Crippen LogP) is 4.16. The van der Waals surface area contributed by atoms with Crippen molar-refractivity contribution >= 4 is 28.2 Å². The summed E-state index contributed by atoms with van der Waals surface area (Å²) in [6.07, 6.45) is 2.86. The van der Waals surface area contributed by atoms with E-state index in [4.69, 9.17) is 4.74 Å². The summed E-state index contributed by atoms with van der Waals surface area (Å²) in [6, 6.07) is 7.61. The maximum Gasteiger partial charge on any atom is 0.338 e. The molecule has 1 heterocycles. The molecule has 1 amide bonds. The van der Waals surface area contributed by atoms with E-state index < -0.39 is 11.9 Å². The van der Waals surface area contributed by atoms with Crippen molar-refractivity contribution in [2.24, 2.45) is 5.92 Å². The van der Waals surface area contributed by atoms with Crippen molar-refractivity contribution in [2.75, 3.05) is 11.9 Å². The van der Waals surface area contributed by atoms with Crippen LogP contribution in [-0.2, 0) is 22.4 Å². The summed E-state index contributed by atoms with van der Waals surface area (Å²) >= 11 is 1.46. The summed E-state index contributed by atoms with van der Waals surface area (Å²) in [4.78, 5) is 25.7. The molecular weight excluding hydrogens is 360 g/mol. The van der Waals surface area contributed by atoms with Gasteiger partial charge in [0, 0.05) is 4.88 Å². The molecule has 0 fully saturated rings. The largest absolute Gasteiger partial charge is 0.452 e. The van der Waals surface area contributed by atoms with Crippen molar-refractivity contribution in [3.8, 4) is 6.07 Å². The maximum atomic E-state index is 12.3. The lowest BCUT2D eigenvalue weighted by Crippen LogP contribution is -2.21. The number of aryl methyl sites for hydroxylation is 1. The van der Waals surface area contributed by atoms with Crippen molar-refractivity contribution in [1.29, 1.82) is 5.26 Å².